The Hall–Kier alpha value is -3.08. The van der Waals surface area contributed by atoms with Gasteiger partial charge < -0.3 is 4.74 Å². The number of benzene rings is 2. The van der Waals surface area contributed by atoms with Crippen LogP contribution in [0.4, 0.5) is 18.9 Å². The molecule has 0 amide bonds. The largest absolute Gasteiger partial charge is 0.454 e. The van der Waals surface area contributed by atoms with Gasteiger partial charge in [0, 0.05) is 12.1 Å². The molecule has 2 aromatic carbocycles. The van der Waals surface area contributed by atoms with Gasteiger partial charge >= 0.3 is 5.69 Å². The first kappa shape index (κ1) is 14.3. The van der Waals surface area contributed by atoms with E-state index in [4.69, 9.17) is 10.00 Å². The molecule has 0 saturated heterocycles. The number of hydrogen-bond acceptors (Lipinski definition) is 4. The van der Waals surface area contributed by atoms with E-state index in [1.54, 1.807) is 6.07 Å². The lowest BCUT2D eigenvalue weighted by atomic mass is 10.2. The second-order valence-electron chi connectivity index (χ2n) is 3.88. The van der Waals surface area contributed by atoms with Gasteiger partial charge in [-0.25, -0.2) is 8.78 Å². The standard InChI is InChI=1S/C13H5F3N2O3/c14-8-1-7(6-17)2-9(3-8)21-13-5-10(15)12(18(19)20)4-11(13)16/h1-5H. The highest BCUT2D eigenvalue weighted by Crippen LogP contribution is 2.30. The summed E-state index contributed by atoms with van der Waals surface area (Å²) in [5.41, 5.74) is -1.12. The van der Waals surface area contributed by atoms with Crippen molar-refractivity contribution in [1.82, 2.24) is 0 Å². The molecule has 0 unspecified atom stereocenters. The van der Waals surface area contributed by atoms with Crippen molar-refractivity contribution in [2.75, 3.05) is 0 Å². The van der Waals surface area contributed by atoms with Crippen LogP contribution in [0.5, 0.6) is 11.5 Å². The van der Waals surface area contributed by atoms with Gasteiger partial charge in [0.05, 0.1) is 22.6 Å². The molecule has 0 fully saturated rings. The third kappa shape index (κ3) is 3.09. The van der Waals surface area contributed by atoms with Gasteiger partial charge in [0.25, 0.3) is 0 Å². The van der Waals surface area contributed by atoms with E-state index in [9.17, 15) is 23.3 Å². The van der Waals surface area contributed by atoms with Crippen LogP contribution in [-0.4, -0.2) is 4.92 Å². The summed E-state index contributed by atoms with van der Waals surface area (Å²) < 4.78 is 45.1. The van der Waals surface area contributed by atoms with Crippen molar-refractivity contribution in [3.8, 4) is 17.6 Å². The third-order valence-electron chi connectivity index (χ3n) is 2.43. The lowest BCUT2D eigenvalue weighted by Gasteiger charge is -2.07. The summed E-state index contributed by atoms with van der Waals surface area (Å²) in [6, 6.07) is 5.40. The summed E-state index contributed by atoms with van der Waals surface area (Å²) in [5, 5.41) is 19.1. The molecule has 2 aromatic rings. The average molecular weight is 294 g/mol. The Balaban J connectivity index is 2.41. The van der Waals surface area contributed by atoms with Crippen molar-refractivity contribution in [3.63, 3.8) is 0 Å². The highest BCUT2D eigenvalue weighted by Gasteiger charge is 2.20. The topological polar surface area (TPSA) is 76.2 Å². The minimum atomic E-state index is -1.30. The molecular weight excluding hydrogens is 289 g/mol. The second kappa shape index (κ2) is 5.50. The van der Waals surface area contributed by atoms with Gasteiger partial charge in [-0.2, -0.15) is 9.65 Å². The maximum absolute atomic E-state index is 13.6. The summed E-state index contributed by atoms with van der Waals surface area (Å²) in [6.45, 7) is 0. The van der Waals surface area contributed by atoms with E-state index >= 15 is 0 Å². The first-order chi connectivity index (χ1) is 9.90. The Morgan fingerprint density at radius 3 is 2.43 bits per heavy atom. The number of ether oxygens (including phenoxy) is 1. The molecule has 0 bridgehead atoms. The van der Waals surface area contributed by atoms with Crippen molar-refractivity contribution in [3.05, 3.63) is 63.5 Å². The van der Waals surface area contributed by atoms with Gasteiger partial charge in [0.1, 0.15) is 11.6 Å². The molecule has 8 heteroatoms. The number of nitro benzene ring substituents is 1. The third-order valence-corrected chi connectivity index (χ3v) is 2.43. The fourth-order valence-electron chi connectivity index (χ4n) is 1.55. The molecule has 2 rings (SSSR count). The zero-order valence-corrected chi connectivity index (χ0v) is 10.1. The fourth-order valence-corrected chi connectivity index (χ4v) is 1.55. The summed E-state index contributed by atoms with van der Waals surface area (Å²) in [7, 11) is 0. The van der Waals surface area contributed by atoms with Crippen LogP contribution in [0.25, 0.3) is 0 Å². The molecule has 0 N–H and O–H groups in total. The number of halogens is 3. The van der Waals surface area contributed by atoms with Crippen molar-refractivity contribution < 1.29 is 22.8 Å². The first-order valence-corrected chi connectivity index (χ1v) is 5.42. The molecule has 0 heterocycles. The van der Waals surface area contributed by atoms with Gasteiger partial charge in [-0.3, -0.25) is 10.1 Å². The van der Waals surface area contributed by atoms with E-state index in [0.29, 0.717) is 12.1 Å². The highest BCUT2D eigenvalue weighted by molar-refractivity contribution is 5.43. The quantitative estimate of drug-likeness (QED) is 0.639. The van der Waals surface area contributed by atoms with Crippen molar-refractivity contribution in [2.24, 2.45) is 0 Å². The number of rotatable bonds is 3. The molecule has 106 valence electrons. The van der Waals surface area contributed by atoms with Crippen LogP contribution >= 0.6 is 0 Å². The minimum absolute atomic E-state index is 0.0761. The van der Waals surface area contributed by atoms with Gasteiger partial charge in [-0.15, -0.1) is 0 Å². The molecule has 0 atom stereocenters. The zero-order chi connectivity index (χ0) is 15.6. The van der Waals surface area contributed by atoms with E-state index in [2.05, 4.69) is 0 Å². The normalized spacial score (nSPS) is 10.0. The molecule has 0 radical (unpaired) electrons. The Labute approximate surface area is 116 Å². The van der Waals surface area contributed by atoms with E-state index in [-0.39, 0.29) is 11.3 Å². The monoisotopic (exact) mass is 294 g/mol. The smallest absolute Gasteiger partial charge is 0.307 e. The fraction of sp³-hybridized carbons (Fsp3) is 0. The van der Waals surface area contributed by atoms with Crippen LogP contribution in [0.2, 0.25) is 0 Å². The number of hydrogen-bond donors (Lipinski definition) is 0. The van der Waals surface area contributed by atoms with Crippen molar-refractivity contribution in [2.45, 2.75) is 0 Å². The Morgan fingerprint density at radius 1 is 1.10 bits per heavy atom. The number of nitro groups is 1. The molecule has 0 spiro atoms. The average Bonchev–Trinajstić information content (AvgIpc) is 2.41. The first-order valence-electron chi connectivity index (χ1n) is 5.42. The molecule has 0 saturated carbocycles. The van der Waals surface area contributed by atoms with E-state index in [1.807, 2.05) is 0 Å². The predicted molar refractivity (Wildman–Crippen MR) is 64.2 cm³/mol. The lowest BCUT2D eigenvalue weighted by molar-refractivity contribution is -0.387. The Kier molecular flexibility index (Phi) is 3.75. The molecular formula is C13H5F3N2O3. The maximum atomic E-state index is 13.6. The van der Waals surface area contributed by atoms with Crippen LogP contribution in [-0.2, 0) is 0 Å². The summed E-state index contributed by atoms with van der Waals surface area (Å²) in [4.78, 5) is 9.36. The van der Waals surface area contributed by atoms with Crippen molar-refractivity contribution in [1.29, 1.82) is 5.26 Å². The van der Waals surface area contributed by atoms with Crippen LogP contribution in [0.15, 0.2) is 30.3 Å². The Morgan fingerprint density at radius 2 is 1.81 bits per heavy atom. The van der Waals surface area contributed by atoms with E-state index in [0.717, 1.165) is 18.2 Å². The molecule has 0 aliphatic heterocycles. The summed E-state index contributed by atoms with van der Waals surface area (Å²) in [5.74, 6) is -4.18. The van der Waals surface area contributed by atoms with Crippen LogP contribution in [0.1, 0.15) is 5.56 Å². The van der Waals surface area contributed by atoms with Crippen LogP contribution < -0.4 is 4.74 Å². The zero-order valence-electron chi connectivity index (χ0n) is 10.1. The predicted octanol–water partition coefficient (Wildman–Crippen LogP) is 3.68. The van der Waals surface area contributed by atoms with Crippen molar-refractivity contribution >= 4 is 5.69 Å². The molecule has 0 aromatic heterocycles. The van der Waals surface area contributed by atoms with E-state index < -0.39 is 33.8 Å². The Bertz CT molecular complexity index is 772. The van der Waals surface area contributed by atoms with Crippen LogP contribution in [0.3, 0.4) is 0 Å². The van der Waals surface area contributed by atoms with Crippen LogP contribution in [0, 0.1) is 38.9 Å². The lowest BCUT2D eigenvalue weighted by Crippen LogP contribution is -1.97. The summed E-state index contributed by atoms with van der Waals surface area (Å²) >= 11 is 0. The van der Waals surface area contributed by atoms with Gasteiger partial charge in [-0.1, -0.05) is 0 Å². The van der Waals surface area contributed by atoms with Gasteiger partial charge in [0.15, 0.2) is 11.6 Å². The van der Waals surface area contributed by atoms with E-state index in [1.165, 1.54) is 0 Å². The number of nitrogens with zero attached hydrogens (tertiary/aromatic N) is 2. The molecule has 0 aliphatic carbocycles. The minimum Gasteiger partial charge on any atom is -0.454 e. The van der Waals surface area contributed by atoms with Gasteiger partial charge in [-0.05, 0) is 12.1 Å². The number of nitriles is 1. The SMILES string of the molecule is N#Cc1cc(F)cc(Oc2cc(F)c([N+](=O)[O-])cc2F)c1. The molecule has 21 heavy (non-hydrogen) atoms. The summed E-state index contributed by atoms with van der Waals surface area (Å²) in [6.07, 6.45) is 0. The molecule has 5 nitrogen and oxygen atoms in total. The molecule has 0 aliphatic rings. The second-order valence-corrected chi connectivity index (χ2v) is 3.88. The maximum Gasteiger partial charge on any atom is 0.307 e. The van der Waals surface area contributed by atoms with Gasteiger partial charge in [0.2, 0.25) is 5.82 Å². The highest BCUT2D eigenvalue weighted by atomic mass is 19.1.